The molecule has 3 heterocycles. The number of morpholine rings is 1. The van der Waals surface area contributed by atoms with Crippen LogP contribution >= 0.6 is 0 Å². The van der Waals surface area contributed by atoms with Gasteiger partial charge in [0.15, 0.2) is 5.75 Å². The van der Waals surface area contributed by atoms with Gasteiger partial charge in [-0.2, -0.15) is 4.31 Å². The molecular weight excluding hydrogens is 358 g/mol. The fraction of sp³-hybridized carbons (Fsp3) is 0.294. The Kier molecular flexibility index (Phi) is 4.14. The Morgan fingerprint density at radius 2 is 2.00 bits per heavy atom. The average molecular weight is 375 g/mol. The highest BCUT2D eigenvalue weighted by atomic mass is 32.2. The van der Waals surface area contributed by atoms with E-state index in [1.807, 2.05) is 0 Å². The standard InChI is InChI=1S/C17H17N3O5S/c1-11-9-13-14(25-17-12(16(21)19-13)3-2-4-18-17)10-15(11)26(22,23)20-5-7-24-8-6-20/h2-4,9-10H,5-8H2,1H3,(H,19,21). The highest BCUT2D eigenvalue weighted by molar-refractivity contribution is 7.89. The number of sulfonamides is 1. The highest BCUT2D eigenvalue weighted by Crippen LogP contribution is 2.38. The second-order valence-electron chi connectivity index (χ2n) is 6.04. The third kappa shape index (κ3) is 2.83. The highest BCUT2D eigenvalue weighted by Gasteiger charge is 2.30. The lowest BCUT2D eigenvalue weighted by Crippen LogP contribution is -2.40. The Hall–Kier alpha value is -2.49. The SMILES string of the molecule is Cc1cc2c(cc1S(=O)(=O)N1CCOCC1)Oc1ncccc1C(=O)N2. The molecule has 1 saturated heterocycles. The van der Waals surface area contributed by atoms with Crippen LogP contribution in [0, 0.1) is 6.92 Å². The zero-order valence-electron chi connectivity index (χ0n) is 14.1. The molecule has 8 nitrogen and oxygen atoms in total. The molecule has 0 bridgehead atoms. The van der Waals surface area contributed by atoms with Crippen molar-refractivity contribution in [1.29, 1.82) is 0 Å². The minimum absolute atomic E-state index is 0.141. The largest absolute Gasteiger partial charge is 0.436 e. The molecule has 1 amide bonds. The summed E-state index contributed by atoms with van der Waals surface area (Å²) in [7, 11) is -3.69. The number of nitrogens with zero attached hydrogens (tertiary/aromatic N) is 2. The van der Waals surface area contributed by atoms with Crippen molar-refractivity contribution in [3.8, 4) is 11.6 Å². The Morgan fingerprint density at radius 3 is 2.77 bits per heavy atom. The first kappa shape index (κ1) is 17.0. The Labute approximate surface area is 150 Å². The van der Waals surface area contributed by atoms with Gasteiger partial charge in [-0.15, -0.1) is 0 Å². The topological polar surface area (TPSA) is 97.8 Å². The summed E-state index contributed by atoms with van der Waals surface area (Å²) in [5, 5.41) is 2.75. The molecule has 1 aromatic heterocycles. The van der Waals surface area contributed by atoms with Crippen molar-refractivity contribution in [3.05, 3.63) is 41.6 Å². The van der Waals surface area contributed by atoms with E-state index in [0.29, 0.717) is 43.1 Å². The summed E-state index contributed by atoms with van der Waals surface area (Å²) >= 11 is 0. The van der Waals surface area contributed by atoms with E-state index in [0.717, 1.165) is 0 Å². The quantitative estimate of drug-likeness (QED) is 0.859. The van der Waals surface area contributed by atoms with Crippen LogP contribution in [0.4, 0.5) is 5.69 Å². The van der Waals surface area contributed by atoms with Crippen molar-refractivity contribution in [1.82, 2.24) is 9.29 Å². The third-order valence-electron chi connectivity index (χ3n) is 4.34. The number of carbonyl (C=O) groups is 1. The van der Waals surface area contributed by atoms with E-state index in [4.69, 9.17) is 9.47 Å². The molecule has 0 aliphatic carbocycles. The summed E-state index contributed by atoms with van der Waals surface area (Å²) in [6.45, 7) is 3.04. The van der Waals surface area contributed by atoms with Crippen LogP contribution in [0.15, 0.2) is 35.4 Å². The number of benzene rings is 1. The molecule has 9 heteroatoms. The van der Waals surface area contributed by atoms with Crippen LogP contribution in [-0.4, -0.2) is 49.9 Å². The molecule has 2 aliphatic heterocycles. The summed E-state index contributed by atoms with van der Waals surface area (Å²) in [5.41, 5.74) is 1.23. The first-order valence-electron chi connectivity index (χ1n) is 8.13. The van der Waals surface area contributed by atoms with Gasteiger partial charge in [-0.25, -0.2) is 13.4 Å². The van der Waals surface area contributed by atoms with Gasteiger partial charge in [0, 0.05) is 25.4 Å². The molecule has 4 rings (SSSR count). The smallest absolute Gasteiger partial charge is 0.261 e. The van der Waals surface area contributed by atoms with Crippen molar-refractivity contribution in [3.63, 3.8) is 0 Å². The van der Waals surface area contributed by atoms with Gasteiger partial charge in [0.1, 0.15) is 5.56 Å². The van der Waals surface area contributed by atoms with E-state index in [2.05, 4.69) is 10.3 Å². The van der Waals surface area contributed by atoms with Crippen molar-refractivity contribution in [2.75, 3.05) is 31.6 Å². The number of nitrogens with one attached hydrogen (secondary N) is 1. The molecular formula is C17H17N3O5S. The van der Waals surface area contributed by atoms with Crippen LogP contribution in [0.25, 0.3) is 0 Å². The lowest BCUT2D eigenvalue weighted by Gasteiger charge is -2.27. The second-order valence-corrected chi connectivity index (χ2v) is 7.95. The monoisotopic (exact) mass is 375 g/mol. The number of fused-ring (bicyclic) bond motifs is 2. The molecule has 0 spiro atoms. The number of anilines is 1. The number of ether oxygens (including phenoxy) is 2. The van der Waals surface area contributed by atoms with E-state index >= 15 is 0 Å². The minimum atomic E-state index is -3.69. The number of amides is 1. The molecule has 0 radical (unpaired) electrons. The normalized spacial score (nSPS) is 17.5. The number of hydrogen-bond donors (Lipinski definition) is 1. The van der Waals surface area contributed by atoms with Gasteiger partial charge in [-0.05, 0) is 30.7 Å². The van der Waals surface area contributed by atoms with Gasteiger partial charge in [-0.1, -0.05) is 0 Å². The van der Waals surface area contributed by atoms with Crippen LogP contribution in [0.5, 0.6) is 11.6 Å². The molecule has 1 aromatic carbocycles. The first-order valence-corrected chi connectivity index (χ1v) is 9.57. The number of rotatable bonds is 2. The van der Waals surface area contributed by atoms with Crippen LogP contribution < -0.4 is 10.1 Å². The van der Waals surface area contributed by atoms with Crippen LogP contribution in [0.3, 0.4) is 0 Å². The average Bonchev–Trinajstić information content (AvgIpc) is 2.77. The van der Waals surface area contributed by atoms with Crippen LogP contribution in [0.1, 0.15) is 15.9 Å². The fourth-order valence-corrected chi connectivity index (χ4v) is 4.62. The summed E-state index contributed by atoms with van der Waals surface area (Å²) in [6.07, 6.45) is 1.51. The van der Waals surface area contributed by atoms with E-state index in [9.17, 15) is 13.2 Å². The second kappa shape index (κ2) is 6.35. The summed E-state index contributed by atoms with van der Waals surface area (Å²) in [5.74, 6) is 0.0330. The number of aryl methyl sites for hydroxylation is 1. The van der Waals surface area contributed by atoms with Gasteiger partial charge < -0.3 is 14.8 Å². The number of hydrogen-bond acceptors (Lipinski definition) is 6. The maximum atomic E-state index is 13.0. The van der Waals surface area contributed by atoms with Gasteiger partial charge in [0.25, 0.3) is 5.91 Å². The molecule has 136 valence electrons. The molecule has 0 unspecified atom stereocenters. The maximum absolute atomic E-state index is 13.0. The third-order valence-corrected chi connectivity index (χ3v) is 6.38. The molecule has 26 heavy (non-hydrogen) atoms. The van der Waals surface area contributed by atoms with Crippen molar-refractivity contribution < 1.29 is 22.7 Å². The Balaban J connectivity index is 1.79. The van der Waals surface area contributed by atoms with Crippen LogP contribution in [0.2, 0.25) is 0 Å². The van der Waals surface area contributed by atoms with Gasteiger partial charge in [0.05, 0.1) is 23.8 Å². The van der Waals surface area contributed by atoms with E-state index < -0.39 is 10.0 Å². The summed E-state index contributed by atoms with van der Waals surface area (Å²) in [6, 6.07) is 6.28. The molecule has 1 fully saturated rings. The maximum Gasteiger partial charge on any atom is 0.261 e. The van der Waals surface area contributed by atoms with Crippen molar-refractivity contribution in [2.45, 2.75) is 11.8 Å². The lowest BCUT2D eigenvalue weighted by atomic mass is 10.2. The number of pyridine rings is 1. The zero-order chi connectivity index (χ0) is 18.3. The van der Waals surface area contributed by atoms with Crippen LogP contribution in [-0.2, 0) is 14.8 Å². The molecule has 0 atom stereocenters. The van der Waals surface area contributed by atoms with Crippen molar-refractivity contribution >= 4 is 21.6 Å². The predicted octanol–water partition coefficient (Wildman–Crippen LogP) is 1.77. The first-order chi connectivity index (χ1) is 12.5. The molecule has 1 N–H and O–H groups in total. The number of carbonyl (C=O) groups excluding carboxylic acids is 1. The zero-order valence-corrected chi connectivity index (χ0v) is 14.9. The van der Waals surface area contributed by atoms with Crippen molar-refractivity contribution in [2.24, 2.45) is 0 Å². The van der Waals surface area contributed by atoms with E-state index in [1.54, 1.807) is 25.1 Å². The fourth-order valence-electron chi connectivity index (χ4n) is 2.99. The summed E-state index contributed by atoms with van der Waals surface area (Å²) in [4.78, 5) is 16.6. The molecule has 2 aromatic rings. The van der Waals surface area contributed by atoms with Gasteiger partial charge in [-0.3, -0.25) is 4.79 Å². The minimum Gasteiger partial charge on any atom is -0.436 e. The lowest BCUT2D eigenvalue weighted by molar-refractivity contribution is 0.0730. The Bertz CT molecular complexity index is 984. The summed E-state index contributed by atoms with van der Waals surface area (Å²) < 4.78 is 38.4. The van der Waals surface area contributed by atoms with E-state index in [-0.39, 0.29) is 22.4 Å². The molecule has 2 aliphatic rings. The number of aromatic nitrogens is 1. The molecule has 0 saturated carbocycles. The van der Waals surface area contributed by atoms with Gasteiger partial charge >= 0.3 is 0 Å². The van der Waals surface area contributed by atoms with Gasteiger partial charge in [0.2, 0.25) is 15.9 Å². The Morgan fingerprint density at radius 1 is 1.23 bits per heavy atom. The van der Waals surface area contributed by atoms with E-state index in [1.165, 1.54) is 16.6 Å². The predicted molar refractivity (Wildman–Crippen MR) is 93.0 cm³/mol.